The minimum Gasteiger partial charge on any atom is -0.291 e. The number of aryl methyl sites for hydroxylation is 1. The van der Waals surface area contributed by atoms with Gasteiger partial charge in [0, 0.05) is 32.2 Å². The Labute approximate surface area is 252 Å². The third-order valence-electron chi connectivity index (χ3n) is 7.88. The molecule has 5 aromatic carbocycles. The molecule has 0 saturated heterocycles. The highest BCUT2D eigenvalue weighted by atomic mass is 32.1. The number of imidazole rings is 1. The van der Waals surface area contributed by atoms with Crippen LogP contribution in [0.4, 0.5) is 0 Å². The van der Waals surface area contributed by atoms with Gasteiger partial charge in [-0.05, 0) is 88.0 Å². The van der Waals surface area contributed by atoms with Crippen LogP contribution in [0.3, 0.4) is 0 Å². The Morgan fingerprint density at radius 1 is 0.595 bits per heavy atom. The van der Waals surface area contributed by atoms with Crippen molar-refractivity contribution in [3.63, 3.8) is 0 Å². The first-order chi connectivity index (χ1) is 20.7. The first-order valence-electron chi connectivity index (χ1n) is 14.0. The normalized spacial score (nSPS) is 11.5. The Bertz CT molecular complexity index is 2130. The Kier molecular flexibility index (Phi) is 6.10. The predicted octanol–water partition coefficient (Wildman–Crippen LogP) is 11.3. The summed E-state index contributed by atoms with van der Waals surface area (Å²) in [6.07, 6.45) is 0. The summed E-state index contributed by atoms with van der Waals surface area (Å²) in [5.41, 5.74) is 12.9. The summed E-state index contributed by atoms with van der Waals surface area (Å²) < 4.78 is 3.66. The number of thiophene rings is 2. The van der Waals surface area contributed by atoms with Crippen LogP contribution in [-0.4, -0.2) is 9.55 Å². The van der Waals surface area contributed by atoms with E-state index in [1.54, 1.807) is 22.7 Å². The van der Waals surface area contributed by atoms with Crippen LogP contribution in [0, 0.1) is 6.92 Å². The molecule has 8 aromatic rings. The first kappa shape index (κ1) is 25.0. The molecule has 0 radical (unpaired) electrons. The Morgan fingerprint density at radius 3 is 1.98 bits per heavy atom. The fourth-order valence-corrected chi connectivity index (χ4v) is 7.52. The molecule has 0 aliphatic rings. The van der Waals surface area contributed by atoms with Crippen molar-refractivity contribution < 1.29 is 0 Å². The molecule has 0 unspecified atom stereocenters. The number of hydrogen-bond donors (Lipinski definition) is 0. The van der Waals surface area contributed by atoms with Gasteiger partial charge in [0.2, 0.25) is 0 Å². The van der Waals surface area contributed by atoms with Gasteiger partial charge in [-0.15, -0.1) is 11.3 Å². The molecule has 4 heteroatoms. The van der Waals surface area contributed by atoms with Crippen molar-refractivity contribution in [2.24, 2.45) is 0 Å². The van der Waals surface area contributed by atoms with Gasteiger partial charge in [0.25, 0.3) is 0 Å². The van der Waals surface area contributed by atoms with Crippen molar-refractivity contribution in [1.29, 1.82) is 0 Å². The molecular formula is C38H26N2S2. The van der Waals surface area contributed by atoms with E-state index in [0.29, 0.717) is 0 Å². The Hall–Kier alpha value is -4.77. The van der Waals surface area contributed by atoms with Crippen molar-refractivity contribution in [3.05, 3.63) is 143 Å². The summed E-state index contributed by atoms with van der Waals surface area (Å²) >= 11 is 3.51. The maximum absolute atomic E-state index is 5.34. The molecular weight excluding hydrogens is 549 g/mol. The molecule has 2 nitrogen and oxygen atoms in total. The second kappa shape index (κ2) is 10.3. The average molecular weight is 575 g/mol. The fraction of sp³-hybridized carbons (Fsp3) is 0.0263. The van der Waals surface area contributed by atoms with E-state index in [9.17, 15) is 0 Å². The second-order valence-corrected chi connectivity index (χ2v) is 12.3. The molecule has 0 amide bonds. The smallest absolute Gasteiger partial charge is 0.147 e. The zero-order valence-electron chi connectivity index (χ0n) is 23.0. The topological polar surface area (TPSA) is 17.8 Å². The van der Waals surface area contributed by atoms with Crippen LogP contribution in [-0.2, 0) is 0 Å². The Balaban J connectivity index is 1.49. The van der Waals surface area contributed by atoms with Gasteiger partial charge in [0.05, 0.1) is 16.7 Å². The van der Waals surface area contributed by atoms with Gasteiger partial charge in [-0.25, -0.2) is 4.98 Å². The number of rotatable bonds is 5. The molecule has 0 saturated carbocycles. The second-order valence-electron chi connectivity index (χ2n) is 10.6. The van der Waals surface area contributed by atoms with Gasteiger partial charge in [0.1, 0.15) is 5.82 Å². The lowest BCUT2D eigenvalue weighted by molar-refractivity contribution is 1.11. The number of nitrogens with zero attached hydrogens (tertiary/aromatic N) is 2. The minimum atomic E-state index is 0.961. The van der Waals surface area contributed by atoms with E-state index in [1.165, 1.54) is 49.0 Å². The van der Waals surface area contributed by atoms with Crippen LogP contribution >= 0.6 is 22.7 Å². The molecule has 42 heavy (non-hydrogen) atoms. The lowest BCUT2D eigenvalue weighted by Crippen LogP contribution is -2.03. The standard InChI is InChI=1S/C38H26N2S2/c1-25-20-30(26-10-4-2-5-11-26)37(31(21-25)27-12-6-3-7-13-27)40-35-15-9-8-14-34(35)39-38(40)33-24-42-36-17-16-28(22-32(33)36)29-18-19-41-23-29/h2-24H,1H3. The molecule has 200 valence electrons. The van der Waals surface area contributed by atoms with Crippen LogP contribution in [0.25, 0.3) is 71.6 Å². The highest BCUT2D eigenvalue weighted by Gasteiger charge is 2.23. The minimum absolute atomic E-state index is 0.961. The number of benzene rings is 5. The van der Waals surface area contributed by atoms with Crippen molar-refractivity contribution in [2.45, 2.75) is 6.92 Å². The molecule has 3 aromatic heterocycles. The van der Waals surface area contributed by atoms with Crippen molar-refractivity contribution in [2.75, 3.05) is 0 Å². The molecule has 0 fully saturated rings. The van der Waals surface area contributed by atoms with E-state index in [4.69, 9.17) is 4.98 Å². The zero-order valence-corrected chi connectivity index (χ0v) is 24.6. The van der Waals surface area contributed by atoms with E-state index in [-0.39, 0.29) is 0 Å². The summed E-state index contributed by atoms with van der Waals surface area (Å²) in [4.78, 5) is 5.34. The summed E-state index contributed by atoms with van der Waals surface area (Å²) in [6, 6.07) is 43.6. The predicted molar refractivity (Wildman–Crippen MR) is 181 cm³/mol. The van der Waals surface area contributed by atoms with Crippen molar-refractivity contribution >= 4 is 43.8 Å². The summed E-state index contributed by atoms with van der Waals surface area (Å²) in [7, 11) is 0. The van der Waals surface area contributed by atoms with Crippen molar-refractivity contribution in [1.82, 2.24) is 9.55 Å². The Morgan fingerprint density at radius 2 is 1.29 bits per heavy atom. The highest BCUT2D eigenvalue weighted by Crippen LogP contribution is 2.43. The molecule has 0 aliphatic carbocycles. The van der Waals surface area contributed by atoms with Crippen molar-refractivity contribution in [3.8, 4) is 50.5 Å². The fourth-order valence-electron chi connectivity index (χ4n) is 5.94. The van der Waals surface area contributed by atoms with Gasteiger partial charge in [-0.1, -0.05) is 78.9 Å². The quantitative estimate of drug-likeness (QED) is 0.200. The van der Waals surface area contributed by atoms with E-state index in [1.807, 2.05) is 0 Å². The van der Waals surface area contributed by atoms with Gasteiger partial charge in [-0.2, -0.15) is 11.3 Å². The molecule has 8 rings (SSSR count). The van der Waals surface area contributed by atoms with Crippen LogP contribution in [0.15, 0.2) is 137 Å². The summed E-state index contributed by atoms with van der Waals surface area (Å²) in [6.45, 7) is 2.19. The largest absolute Gasteiger partial charge is 0.291 e. The van der Waals surface area contributed by atoms with Crippen LogP contribution in [0.5, 0.6) is 0 Å². The first-order valence-corrected chi connectivity index (χ1v) is 15.8. The van der Waals surface area contributed by atoms with E-state index < -0.39 is 0 Å². The van der Waals surface area contributed by atoms with Crippen LogP contribution < -0.4 is 0 Å². The summed E-state index contributed by atoms with van der Waals surface area (Å²) in [5, 5.41) is 7.86. The maximum atomic E-state index is 5.34. The third kappa shape index (κ3) is 4.19. The van der Waals surface area contributed by atoms with E-state index in [0.717, 1.165) is 28.1 Å². The number of aromatic nitrogens is 2. The lowest BCUT2D eigenvalue weighted by atomic mass is 9.93. The summed E-state index contributed by atoms with van der Waals surface area (Å²) in [5.74, 6) is 0.961. The molecule has 0 atom stereocenters. The van der Waals surface area contributed by atoms with Gasteiger partial charge >= 0.3 is 0 Å². The number of hydrogen-bond acceptors (Lipinski definition) is 3. The number of para-hydroxylation sites is 2. The third-order valence-corrected chi connectivity index (χ3v) is 9.52. The molecule has 0 N–H and O–H groups in total. The van der Waals surface area contributed by atoms with E-state index >= 15 is 0 Å². The molecule has 0 bridgehead atoms. The van der Waals surface area contributed by atoms with Crippen LogP contribution in [0.2, 0.25) is 0 Å². The molecule has 0 spiro atoms. The lowest BCUT2D eigenvalue weighted by Gasteiger charge is -2.20. The maximum Gasteiger partial charge on any atom is 0.147 e. The number of fused-ring (bicyclic) bond motifs is 2. The zero-order chi connectivity index (χ0) is 28.0. The molecule has 0 aliphatic heterocycles. The molecule has 3 heterocycles. The highest BCUT2D eigenvalue weighted by molar-refractivity contribution is 7.17. The van der Waals surface area contributed by atoms with Crippen LogP contribution in [0.1, 0.15) is 5.56 Å². The van der Waals surface area contributed by atoms with Gasteiger partial charge in [-0.3, -0.25) is 4.57 Å². The van der Waals surface area contributed by atoms with Gasteiger partial charge in [0.15, 0.2) is 0 Å². The SMILES string of the molecule is Cc1cc(-c2ccccc2)c(-n2c(-c3csc4ccc(-c5ccsc5)cc34)nc3ccccc32)c(-c2ccccc2)c1. The van der Waals surface area contributed by atoms with Gasteiger partial charge < -0.3 is 0 Å². The average Bonchev–Trinajstić information content (AvgIpc) is 3.80. The van der Waals surface area contributed by atoms with E-state index in [2.05, 4.69) is 149 Å². The monoisotopic (exact) mass is 574 g/mol.